The standard InChI is InChI=1S/C16H9FN2O3/c1-22-12-4-2-3-9-13(12)18-15-14(20)10-7-8(17)5-6-11(10)19(15)16(9)21/h2-7H,1H3. The predicted octanol–water partition coefficient (Wildman–Crippen LogP) is 2.08. The van der Waals surface area contributed by atoms with Crippen molar-refractivity contribution in [1.82, 2.24) is 9.55 Å². The van der Waals surface area contributed by atoms with Gasteiger partial charge in [0.25, 0.3) is 5.56 Å². The maximum absolute atomic E-state index is 13.4. The van der Waals surface area contributed by atoms with Gasteiger partial charge in [-0.15, -0.1) is 0 Å². The van der Waals surface area contributed by atoms with Crippen LogP contribution in [0.4, 0.5) is 4.39 Å². The van der Waals surface area contributed by atoms with Crippen LogP contribution in [-0.4, -0.2) is 22.4 Å². The van der Waals surface area contributed by atoms with E-state index in [9.17, 15) is 14.0 Å². The van der Waals surface area contributed by atoms with Crippen molar-refractivity contribution in [2.75, 3.05) is 7.11 Å². The number of carbonyl (C=O) groups is 1. The van der Waals surface area contributed by atoms with Gasteiger partial charge in [0.05, 0.1) is 23.7 Å². The number of hydrogen-bond acceptors (Lipinski definition) is 4. The van der Waals surface area contributed by atoms with Crippen LogP contribution in [0.25, 0.3) is 16.6 Å². The summed E-state index contributed by atoms with van der Waals surface area (Å²) in [6.07, 6.45) is 0. The fourth-order valence-electron chi connectivity index (χ4n) is 2.73. The minimum atomic E-state index is -0.532. The van der Waals surface area contributed by atoms with Crippen molar-refractivity contribution in [2.45, 2.75) is 0 Å². The highest BCUT2D eigenvalue weighted by Crippen LogP contribution is 2.29. The van der Waals surface area contributed by atoms with Crippen LogP contribution in [0.5, 0.6) is 5.75 Å². The molecule has 0 saturated heterocycles. The molecule has 0 N–H and O–H groups in total. The summed E-state index contributed by atoms with van der Waals surface area (Å²) in [6.45, 7) is 0. The van der Waals surface area contributed by atoms with Gasteiger partial charge in [-0.1, -0.05) is 6.07 Å². The molecule has 1 aliphatic heterocycles. The van der Waals surface area contributed by atoms with E-state index < -0.39 is 11.6 Å². The third-order valence-electron chi connectivity index (χ3n) is 3.73. The molecule has 3 aromatic rings. The monoisotopic (exact) mass is 296 g/mol. The van der Waals surface area contributed by atoms with Crippen LogP contribution >= 0.6 is 0 Å². The first-order valence-corrected chi connectivity index (χ1v) is 6.56. The molecule has 22 heavy (non-hydrogen) atoms. The highest BCUT2D eigenvalue weighted by molar-refractivity contribution is 6.13. The molecule has 1 aromatic heterocycles. The van der Waals surface area contributed by atoms with Gasteiger partial charge in [-0.25, -0.2) is 9.37 Å². The van der Waals surface area contributed by atoms with Crippen molar-refractivity contribution in [3.63, 3.8) is 0 Å². The molecule has 0 fully saturated rings. The van der Waals surface area contributed by atoms with Gasteiger partial charge in [0, 0.05) is 0 Å². The summed E-state index contributed by atoms with van der Waals surface area (Å²) in [6, 6.07) is 8.70. The SMILES string of the molecule is COc1cccc2c(=O)n3c(nc12)C(=O)c1cc(F)ccc1-3. The Bertz CT molecular complexity index is 1020. The molecule has 0 atom stereocenters. The number of hydrogen-bond donors (Lipinski definition) is 0. The lowest BCUT2D eigenvalue weighted by atomic mass is 10.1. The van der Waals surface area contributed by atoms with Gasteiger partial charge in [-0.3, -0.25) is 14.2 Å². The first-order chi connectivity index (χ1) is 10.6. The highest BCUT2D eigenvalue weighted by atomic mass is 19.1. The summed E-state index contributed by atoms with van der Waals surface area (Å²) in [4.78, 5) is 29.4. The highest BCUT2D eigenvalue weighted by Gasteiger charge is 2.31. The van der Waals surface area contributed by atoms with Crippen molar-refractivity contribution >= 4 is 16.7 Å². The zero-order chi connectivity index (χ0) is 15.4. The van der Waals surface area contributed by atoms with E-state index in [-0.39, 0.29) is 16.9 Å². The maximum Gasteiger partial charge on any atom is 0.266 e. The largest absolute Gasteiger partial charge is 0.494 e. The van der Waals surface area contributed by atoms with Crippen molar-refractivity contribution in [3.05, 3.63) is 64.0 Å². The van der Waals surface area contributed by atoms with Crippen molar-refractivity contribution < 1.29 is 13.9 Å². The van der Waals surface area contributed by atoms with E-state index in [2.05, 4.69) is 4.98 Å². The van der Waals surface area contributed by atoms with Crippen LogP contribution in [0.3, 0.4) is 0 Å². The number of ether oxygens (including phenoxy) is 1. The zero-order valence-electron chi connectivity index (χ0n) is 11.5. The van der Waals surface area contributed by atoms with Crippen LogP contribution in [0, 0.1) is 5.82 Å². The maximum atomic E-state index is 13.4. The summed E-state index contributed by atoms with van der Waals surface area (Å²) in [5.74, 6) is -0.620. The second kappa shape index (κ2) is 4.24. The van der Waals surface area contributed by atoms with Crippen LogP contribution < -0.4 is 10.3 Å². The van der Waals surface area contributed by atoms with Gasteiger partial charge in [0.15, 0.2) is 5.82 Å². The van der Waals surface area contributed by atoms with Gasteiger partial charge in [-0.05, 0) is 30.3 Å². The van der Waals surface area contributed by atoms with E-state index in [0.29, 0.717) is 22.3 Å². The molecule has 0 amide bonds. The summed E-state index contributed by atoms with van der Waals surface area (Å²) in [7, 11) is 1.47. The van der Waals surface area contributed by atoms with Gasteiger partial charge in [0.1, 0.15) is 17.1 Å². The van der Waals surface area contributed by atoms with E-state index in [1.54, 1.807) is 18.2 Å². The second-order valence-electron chi connectivity index (χ2n) is 4.92. The fourth-order valence-corrected chi connectivity index (χ4v) is 2.73. The van der Waals surface area contributed by atoms with E-state index in [0.717, 1.165) is 6.07 Å². The third kappa shape index (κ3) is 1.49. The minimum absolute atomic E-state index is 0.0254. The summed E-state index contributed by atoms with van der Waals surface area (Å²) >= 11 is 0. The fraction of sp³-hybridized carbons (Fsp3) is 0.0625. The average molecular weight is 296 g/mol. The molecule has 108 valence electrons. The predicted molar refractivity (Wildman–Crippen MR) is 77.3 cm³/mol. The number of methoxy groups -OCH3 is 1. The van der Waals surface area contributed by atoms with Gasteiger partial charge >= 0.3 is 0 Å². The molecule has 5 nitrogen and oxygen atoms in total. The summed E-state index contributed by atoms with van der Waals surface area (Å²) < 4.78 is 19.8. The van der Waals surface area contributed by atoms with Crippen LogP contribution in [0.1, 0.15) is 16.2 Å². The number of aromatic nitrogens is 2. The zero-order valence-corrected chi connectivity index (χ0v) is 11.5. The molecule has 2 heterocycles. The number of carbonyl (C=O) groups excluding carboxylic acids is 1. The van der Waals surface area contributed by atoms with Gasteiger partial charge in [-0.2, -0.15) is 0 Å². The Kier molecular flexibility index (Phi) is 2.45. The molecule has 0 radical (unpaired) electrons. The molecule has 0 saturated carbocycles. The number of ketones is 1. The molecular weight excluding hydrogens is 287 g/mol. The molecule has 0 unspecified atom stereocenters. The van der Waals surface area contributed by atoms with Gasteiger partial charge in [0.2, 0.25) is 5.78 Å². The number of fused-ring (bicyclic) bond motifs is 4. The lowest BCUT2D eigenvalue weighted by molar-refractivity contribution is 0.103. The van der Waals surface area contributed by atoms with E-state index in [1.165, 1.54) is 23.8 Å². The topological polar surface area (TPSA) is 61.2 Å². The average Bonchev–Trinajstić information content (AvgIpc) is 2.80. The Morgan fingerprint density at radius 2 is 2.00 bits per heavy atom. The molecule has 1 aliphatic rings. The lowest BCUT2D eigenvalue weighted by Gasteiger charge is -2.08. The Labute approximate surface area is 123 Å². The molecule has 0 spiro atoms. The van der Waals surface area contributed by atoms with Crippen molar-refractivity contribution in [2.24, 2.45) is 0 Å². The molecule has 0 bridgehead atoms. The van der Waals surface area contributed by atoms with E-state index >= 15 is 0 Å². The number of halogens is 1. The number of nitrogens with zero attached hydrogens (tertiary/aromatic N) is 2. The van der Waals surface area contributed by atoms with E-state index in [1.807, 2.05) is 0 Å². The van der Waals surface area contributed by atoms with Crippen molar-refractivity contribution in [3.8, 4) is 11.4 Å². The molecule has 0 aliphatic carbocycles. The summed E-state index contributed by atoms with van der Waals surface area (Å²) in [5.41, 5.74) is 0.433. The van der Waals surface area contributed by atoms with Crippen LogP contribution in [0.15, 0.2) is 41.2 Å². The van der Waals surface area contributed by atoms with Gasteiger partial charge < -0.3 is 4.74 Å². The number of rotatable bonds is 1. The molecule has 6 heteroatoms. The summed E-state index contributed by atoms with van der Waals surface area (Å²) in [5, 5.41) is 0.341. The van der Waals surface area contributed by atoms with E-state index in [4.69, 9.17) is 4.74 Å². The first kappa shape index (κ1) is 12.7. The lowest BCUT2D eigenvalue weighted by Crippen LogP contribution is -2.21. The Morgan fingerprint density at radius 3 is 2.77 bits per heavy atom. The molecule has 2 aromatic carbocycles. The second-order valence-corrected chi connectivity index (χ2v) is 4.92. The molecular formula is C16H9FN2O3. The van der Waals surface area contributed by atoms with Crippen LogP contribution in [0.2, 0.25) is 0 Å². The normalized spacial score (nSPS) is 12.4. The smallest absolute Gasteiger partial charge is 0.266 e. The molecule has 4 rings (SSSR count). The Morgan fingerprint density at radius 1 is 1.18 bits per heavy atom. The van der Waals surface area contributed by atoms with Crippen molar-refractivity contribution in [1.29, 1.82) is 0 Å². The Balaban J connectivity index is 2.17. The minimum Gasteiger partial charge on any atom is -0.494 e. The quantitative estimate of drug-likeness (QED) is 0.539. The third-order valence-corrected chi connectivity index (χ3v) is 3.73. The number of para-hydroxylation sites is 1. The number of benzene rings is 2. The van der Waals surface area contributed by atoms with Crippen LogP contribution in [-0.2, 0) is 0 Å². The Hall–Kier alpha value is -3.02. The first-order valence-electron chi connectivity index (χ1n) is 6.56.